The van der Waals surface area contributed by atoms with Gasteiger partial charge in [-0.25, -0.2) is 0 Å². The number of anilines is 1. The zero-order valence-electron chi connectivity index (χ0n) is 13.9. The molecule has 2 rings (SSSR count). The molecular weight excluding hydrogens is 322 g/mol. The normalized spacial score (nSPS) is 11.6. The topological polar surface area (TPSA) is 101 Å². The molecule has 0 saturated heterocycles. The number of amides is 1. The predicted molar refractivity (Wildman–Crippen MR) is 93.6 cm³/mol. The van der Waals surface area contributed by atoms with Crippen molar-refractivity contribution in [1.82, 2.24) is 10.3 Å². The van der Waals surface area contributed by atoms with E-state index in [9.17, 15) is 14.7 Å². The fourth-order valence-corrected chi connectivity index (χ4v) is 2.26. The summed E-state index contributed by atoms with van der Waals surface area (Å²) in [6.07, 6.45) is 3.59. The van der Waals surface area contributed by atoms with E-state index in [4.69, 9.17) is 4.74 Å². The largest absolute Gasteiger partial charge is 0.497 e. The van der Waals surface area contributed by atoms with E-state index in [0.717, 1.165) is 11.3 Å². The summed E-state index contributed by atoms with van der Waals surface area (Å²) in [6, 6.07) is 9.98. The highest BCUT2D eigenvalue weighted by Gasteiger charge is 2.20. The lowest BCUT2D eigenvalue weighted by Gasteiger charge is -2.14. The van der Waals surface area contributed by atoms with Crippen molar-refractivity contribution in [2.75, 3.05) is 19.0 Å². The first kappa shape index (κ1) is 18.4. The number of aromatic nitrogens is 1. The van der Waals surface area contributed by atoms with Crippen LogP contribution >= 0.6 is 0 Å². The molecule has 7 nitrogen and oxygen atoms in total. The molecule has 7 heteroatoms. The molecule has 0 aliphatic carbocycles. The summed E-state index contributed by atoms with van der Waals surface area (Å²) in [5.74, 6) is -0.666. The third-order valence-electron chi connectivity index (χ3n) is 3.60. The number of carboxylic acids is 1. The Morgan fingerprint density at radius 2 is 2.00 bits per heavy atom. The smallest absolute Gasteiger partial charge is 0.321 e. The van der Waals surface area contributed by atoms with Crippen molar-refractivity contribution in [3.05, 3.63) is 54.4 Å². The number of carboxylic acid groups (broad SMARTS) is 1. The highest BCUT2D eigenvalue weighted by Crippen LogP contribution is 2.11. The quantitative estimate of drug-likeness (QED) is 0.641. The summed E-state index contributed by atoms with van der Waals surface area (Å²) >= 11 is 0. The van der Waals surface area contributed by atoms with E-state index < -0.39 is 12.0 Å². The summed E-state index contributed by atoms with van der Waals surface area (Å²) < 4.78 is 5.09. The highest BCUT2D eigenvalue weighted by atomic mass is 16.5. The van der Waals surface area contributed by atoms with Gasteiger partial charge in [-0.15, -0.1) is 0 Å². The van der Waals surface area contributed by atoms with Gasteiger partial charge in [0.15, 0.2) is 0 Å². The first-order valence-corrected chi connectivity index (χ1v) is 7.87. The van der Waals surface area contributed by atoms with Crippen LogP contribution in [0, 0.1) is 0 Å². The molecule has 3 N–H and O–H groups in total. The Hall–Kier alpha value is -2.93. The number of methoxy groups -OCH3 is 1. The maximum Gasteiger partial charge on any atom is 0.321 e. The van der Waals surface area contributed by atoms with E-state index in [2.05, 4.69) is 15.6 Å². The zero-order valence-corrected chi connectivity index (χ0v) is 13.9. The molecule has 0 aliphatic rings. The van der Waals surface area contributed by atoms with Crippen molar-refractivity contribution < 1.29 is 19.4 Å². The van der Waals surface area contributed by atoms with Crippen molar-refractivity contribution in [3.8, 4) is 5.75 Å². The van der Waals surface area contributed by atoms with Gasteiger partial charge >= 0.3 is 5.97 Å². The van der Waals surface area contributed by atoms with Gasteiger partial charge in [-0.05, 0) is 42.8 Å². The van der Waals surface area contributed by atoms with Crippen LogP contribution < -0.4 is 15.4 Å². The number of nitrogens with zero attached hydrogens (tertiary/aromatic N) is 1. The van der Waals surface area contributed by atoms with Crippen LogP contribution in [0.25, 0.3) is 0 Å². The van der Waals surface area contributed by atoms with E-state index in [0.29, 0.717) is 18.7 Å². The molecular formula is C18H21N3O4. The number of nitrogens with one attached hydrogen (secondary N) is 2. The zero-order chi connectivity index (χ0) is 18.1. The molecule has 0 bridgehead atoms. The van der Waals surface area contributed by atoms with Crippen molar-refractivity contribution in [3.63, 3.8) is 0 Å². The number of aliphatic carboxylic acids is 1. The lowest BCUT2D eigenvalue weighted by Crippen LogP contribution is -2.40. The van der Waals surface area contributed by atoms with Gasteiger partial charge in [0.25, 0.3) is 0 Å². The molecule has 2 aromatic rings. The second kappa shape index (κ2) is 9.39. The van der Waals surface area contributed by atoms with Gasteiger partial charge in [-0.2, -0.15) is 0 Å². The molecule has 1 aromatic carbocycles. The predicted octanol–water partition coefficient (Wildman–Crippen LogP) is 1.70. The van der Waals surface area contributed by atoms with Crippen LogP contribution in [-0.4, -0.2) is 41.7 Å². The van der Waals surface area contributed by atoms with Gasteiger partial charge in [0, 0.05) is 6.20 Å². The Morgan fingerprint density at radius 1 is 1.24 bits per heavy atom. The lowest BCUT2D eigenvalue weighted by atomic mass is 10.1. The van der Waals surface area contributed by atoms with E-state index in [1.165, 1.54) is 6.20 Å². The fourth-order valence-electron chi connectivity index (χ4n) is 2.26. The fraction of sp³-hybridized carbons (Fsp3) is 0.278. The minimum absolute atomic E-state index is 0.160. The van der Waals surface area contributed by atoms with Crippen LogP contribution in [-0.2, 0) is 16.0 Å². The van der Waals surface area contributed by atoms with Gasteiger partial charge in [-0.1, -0.05) is 12.1 Å². The number of hydrogen-bond donors (Lipinski definition) is 3. The number of ether oxygens (including phenoxy) is 1. The summed E-state index contributed by atoms with van der Waals surface area (Å²) in [4.78, 5) is 27.2. The molecule has 1 unspecified atom stereocenters. The Labute approximate surface area is 146 Å². The Bertz CT molecular complexity index is 689. The number of pyridine rings is 1. The standard InChI is InChI=1S/C18H21N3O4/c1-25-15-6-4-13(5-7-15)8-10-20-16(18(23)24)11-17(22)21-14-3-2-9-19-12-14/h2-7,9,12,16,20H,8,10-11H2,1H3,(H,21,22)(H,23,24). The van der Waals surface area contributed by atoms with E-state index in [1.807, 2.05) is 24.3 Å². The SMILES string of the molecule is COc1ccc(CCNC(CC(=O)Nc2cccnc2)C(=O)O)cc1. The average Bonchev–Trinajstić information content (AvgIpc) is 2.62. The van der Waals surface area contributed by atoms with Crippen LogP contribution in [0.5, 0.6) is 5.75 Å². The average molecular weight is 343 g/mol. The first-order valence-electron chi connectivity index (χ1n) is 7.87. The van der Waals surface area contributed by atoms with Crippen LogP contribution in [0.15, 0.2) is 48.8 Å². The molecule has 132 valence electrons. The van der Waals surface area contributed by atoms with E-state index in [-0.39, 0.29) is 12.3 Å². The van der Waals surface area contributed by atoms with Crippen molar-refractivity contribution in [1.29, 1.82) is 0 Å². The van der Waals surface area contributed by atoms with Gasteiger partial charge in [0.05, 0.1) is 25.4 Å². The van der Waals surface area contributed by atoms with E-state index in [1.54, 1.807) is 25.4 Å². The molecule has 1 aromatic heterocycles. The molecule has 0 saturated carbocycles. The maximum absolute atomic E-state index is 12.0. The van der Waals surface area contributed by atoms with Crippen LogP contribution in [0.4, 0.5) is 5.69 Å². The van der Waals surface area contributed by atoms with Gasteiger partial charge in [0.2, 0.25) is 5.91 Å². The number of hydrogen-bond acceptors (Lipinski definition) is 5. The Morgan fingerprint density at radius 3 is 2.60 bits per heavy atom. The van der Waals surface area contributed by atoms with Gasteiger partial charge < -0.3 is 20.5 Å². The number of benzene rings is 1. The van der Waals surface area contributed by atoms with Crippen molar-refractivity contribution in [2.45, 2.75) is 18.9 Å². The molecule has 1 heterocycles. The van der Waals surface area contributed by atoms with Gasteiger partial charge in [-0.3, -0.25) is 14.6 Å². The van der Waals surface area contributed by atoms with Gasteiger partial charge in [0.1, 0.15) is 11.8 Å². The monoisotopic (exact) mass is 343 g/mol. The number of carbonyl (C=O) groups excluding carboxylic acids is 1. The Balaban J connectivity index is 1.81. The summed E-state index contributed by atoms with van der Waals surface area (Å²) in [7, 11) is 1.60. The molecule has 0 spiro atoms. The maximum atomic E-state index is 12.0. The molecule has 1 atom stereocenters. The second-order valence-electron chi connectivity index (χ2n) is 5.44. The van der Waals surface area contributed by atoms with Crippen LogP contribution in [0.3, 0.4) is 0 Å². The second-order valence-corrected chi connectivity index (χ2v) is 5.44. The third-order valence-corrected chi connectivity index (χ3v) is 3.60. The van der Waals surface area contributed by atoms with E-state index >= 15 is 0 Å². The third kappa shape index (κ3) is 6.23. The molecule has 1 amide bonds. The lowest BCUT2D eigenvalue weighted by molar-refractivity contribution is -0.141. The summed E-state index contributed by atoms with van der Waals surface area (Å²) in [5, 5.41) is 14.8. The molecule has 25 heavy (non-hydrogen) atoms. The minimum Gasteiger partial charge on any atom is -0.497 e. The van der Waals surface area contributed by atoms with Crippen LogP contribution in [0.2, 0.25) is 0 Å². The number of rotatable bonds is 9. The molecule has 0 radical (unpaired) electrons. The molecule has 0 aliphatic heterocycles. The Kier molecular flexibility index (Phi) is 6.91. The number of carbonyl (C=O) groups is 2. The highest BCUT2D eigenvalue weighted by molar-refractivity contribution is 5.93. The summed E-state index contributed by atoms with van der Waals surface area (Å²) in [5.41, 5.74) is 1.59. The summed E-state index contributed by atoms with van der Waals surface area (Å²) in [6.45, 7) is 0.448. The van der Waals surface area contributed by atoms with Crippen molar-refractivity contribution >= 4 is 17.6 Å². The minimum atomic E-state index is -1.06. The molecule has 0 fully saturated rings. The van der Waals surface area contributed by atoms with Crippen LogP contribution in [0.1, 0.15) is 12.0 Å². The first-order chi connectivity index (χ1) is 12.1. The van der Waals surface area contributed by atoms with Crippen molar-refractivity contribution in [2.24, 2.45) is 0 Å².